The van der Waals surface area contributed by atoms with Gasteiger partial charge in [-0.05, 0) is 90.6 Å². The molecule has 1 aliphatic rings. The summed E-state index contributed by atoms with van der Waals surface area (Å²) in [5.41, 5.74) is 4.19. The van der Waals surface area contributed by atoms with Gasteiger partial charge in [-0.1, -0.05) is 102 Å². The molecule has 3 atom stereocenters. The first-order chi connectivity index (χ1) is 25.1. The number of rotatable bonds is 13. The van der Waals surface area contributed by atoms with Crippen LogP contribution in [0.5, 0.6) is 17.2 Å². The van der Waals surface area contributed by atoms with E-state index in [2.05, 4.69) is 0 Å². The summed E-state index contributed by atoms with van der Waals surface area (Å²) in [6.45, 7) is 4.39. The lowest BCUT2D eigenvalue weighted by Gasteiger charge is -2.36. The minimum Gasteiger partial charge on any atom is -0.489 e. The van der Waals surface area contributed by atoms with Gasteiger partial charge < -0.3 is 18.9 Å². The van der Waals surface area contributed by atoms with Crippen LogP contribution in [0.15, 0.2) is 120 Å². The molecule has 5 aromatic carbocycles. The quantitative estimate of drug-likeness (QED) is 0.111. The van der Waals surface area contributed by atoms with Gasteiger partial charge in [-0.3, -0.25) is 4.79 Å². The van der Waals surface area contributed by atoms with Crippen molar-refractivity contribution in [1.82, 2.24) is 4.31 Å². The van der Waals surface area contributed by atoms with Crippen LogP contribution in [0.2, 0.25) is 10.0 Å². The van der Waals surface area contributed by atoms with Crippen molar-refractivity contribution < 1.29 is 32.2 Å². The van der Waals surface area contributed by atoms with Crippen molar-refractivity contribution in [3.63, 3.8) is 0 Å². The van der Waals surface area contributed by atoms with Crippen LogP contribution in [0.3, 0.4) is 0 Å². The molecule has 5 aromatic rings. The maximum absolute atomic E-state index is 14.5. The van der Waals surface area contributed by atoms with Crippen LogP contribution >= 0.6 is 23.2 Å². The van der Waals surface area contributed by atoms with Crippen molar-refractivity contribution in [2.75, 3.05) is 13.7 Å². The summed E-state index contributed by atoms with van der Waals surface area (Å²) in [6, 6.07) is 32.6. The molecule has 0 fully saturated rings. The number of ether oxygens (including phenoxy) is 4. The summed E-state index contributed by atoms with van der Waals surface area (Å²) in [4.78, 5) is 13.7. The highest BCUT2D eigenvalue weighted by atomic mass is 35.5. The van der Waals surface area contributed by atoms with Gasteiger partial charge in [-0.15, -0.1) is 0 Å². The topological polar surface area (TPSA) is 91.4 Å². The zero-order valence-corrected chi connectivity index (χ0v) is 31.3. The van der Waals surface area contributed by atoms with Gasteiger partial charge in [0.05, 0.1) is 28.1 Å². The third-order valence-corrected chi connectivity index (χ3v) is 11.7. The van der Waals surface area contributed by atoms with Crippen LogP contribution < -0.4 is 14.2 Å². The van der Waals surface area contributed by atoms with E-state index in [4.69, 9.17) is 42.1 Å². The Morgan fingerprint density at radius 2 is 1.58 bits per heavy atom. The van der Waals surface area contributed by atoms with Crippen LogP contribution in [0.1, 0.15) is 53.3 Å². The van der Waals surface area contributed by atoms with E-state index in [0.29, 0.717) is 45.9 Å². The van der Waals surface area contributed by atoms with Gasteiger partial charge >= 0.3 is 5.97 Å². The Balaban J connectivity index is 1.22. The van der Waals surface area contributed by atoms with Gasteiger partial charge in [0.25, 0.3) is 0 Å². The SMILES string of the molecule is CCC(c1ccccc1)N(C(Cc1ccc2c(c1)OCC(c1ccc(OCc3ccc(Cl)c(Cl)c3)cc1)O2)C(=O)OC)S(=O)(=O)c1ccc(C)cc1. The summed E-state index contributed by atoms with van der Waals surface area (Å²) in [5.74, 6) is 1.06. The molecule has 11 heteroatoms. The largest absolute Gasteiger partial charge is 0.489 e. The molecule has 270 valence electrons. The third kappa shape index (κ3) is 8.40. The van der Waals surface area contributed by atoms with Gasteiger partial charge in [0.15, 0.2) is 17.6 Å². The van der Waals surface area contributed by atoms with Crippen LogP contribution in [0, 0.1) is 6.92 Å². The van der Waals surface area contributed by atoms with E-state index in [1.165, 1.54) is 11.4 Å². The lowest BCUT2D eigenvalue weighted by atomic mass is 10.00. The number of halogens is 2. The van der Waals surface area contributed by atoms with Crippen molar-refractivity contribution in [3.05, 3.63) is 153 Å². The molecule has 0 bridgehead atoms. The molecular formula is C41H39Cl2NO7S. The molecule has 0 aromatic heterocycles. The number of carbonyl (C=O) groups is 1. The molecule has 1 heterocycles. The maximum Gasteiger partial charge on any atom is 0.324 e. The number of sulfonamides is 1. The first kappa shape index (κ1) is 37.2. The van der Waals surface area contributed by atoms with E-state index in [-0.39, 0.29) is 24.0 Å². The summed E-state index contributed by atoms with van der Waals surface area (Å²) < 4.78 is 53.9. The van der Waals surface area contributed by atoms with E-state index < -0.39 is 28.1 Å². The molecule has 8 nitrogen and oxygen atoms in total. The van der Waals surface area contributed by atoms with Gasteiger partial charge in [-0.2, -0.15) is 4.31 Å². The molecular weight excluding hydrogens is 721 g/mol. The number of nitrogens with zero attached hydrogens (tertiary/aromatic N) is 1. The van der Waals surface area contributed by atoms with Crippen molar-refractivity contribution in [2.45, 2.75) is 56.4 Å². The number of fused-ring (bicyclic) bond motifs is 1. The van der Waals surface area contributed by atoms with Crippen LogP contribution in [-0.4, -0.2) is 38.5 Å². The monoisotopic (exact) mass is 759 g/mol. The minimum absolute atomic E-state index is 0.0465. The Labute approximate surface area is 314 Å². The van der Waals surface area contributed by atoms with Gasteiger partial charge in [0, 0.05) is 0 Å². The number of aryl methyl sites for hydroxylation is 1. The Morgan fingerprint density at radius 3 is 2.25 bits per heavy atom. The van der Waals surface area contributed by atoms with Gasteiger partial charge in [0.1, 0.15) is 25.0 Å². The van der Waals surface area contributed by atoms with Gasteiger partial charge in [0.2, 0.25) is 10.0 Å². The summed E-state index contributed by atoms with van der Waals surface area (Å²) in [6.07, 6.45) is 0.108. The molecule has 0 amide bonds. The minimum atomic E-state index is -4.17. The van der Waals surface area contributed by atoms with E-state index >= 15 is 0 Å². The first-order valence-corrected chi connectivity index (χ1v) is 19.1. The Kier molecular flexibility index (Phi) is 11.8. The van der Waals surface area contributed by atoms with E-state index in [9.17, 15) is 13.2 Å². The van der Waals surface area contributed by atoms with E-state index in [1.54, 1.807) is 48.5 Å². The summed E-state index contributed by atoms with van der Waals surface area (Å²) >= 11 is 12.1. The molecule has 0 saturated carbocycles. The molecule has 0 aliphatic carbocycles. The molecule has 0 radical (unpaired) electrons. The lowest BCUT2D eigenvalue weighted by Crippen LogP contribution is -2.48. The fourth-order valence-electron chi connectivity index (χ4n) is 6.24. The average molecular weight is 761 g/mol. The Hall–Kier alpha value is -4.54. The van der Waals surface area contributed by atoms with Crippen molar-refractivity contribution in [3.8, 4) is 17.2 Å². The number of hydrogen-bond donors (Lipinski definition) is 0. The average Bonchev–Trinajstić information content (AvgIpc) is 3.16. The highest BCUT2D eigenvalue weighted by molar-refractivity contribution is 7.89. The smallest absolute Gasteiger partial charge is 0.324 e. The molecule has 0 N–H and O–H groups in total. The molecule has 0 spiro atoms. The maximum atomic E-state index is 14.5. The highest BCUT2D eigenvalue weighted by Gasteiger charge is 2.42. The van der Waals surface area contributed by atoms with Crippen molar-refractivity contribution in [2.24, 2.45) is 0 Å². The third-order valence-electron chi connectivity index (χ3n) is 8.99. The van der Waals surface area contributed by atoms with Crippen LogP contribution in [0.4, 0.5) is 0 Å². The second kappa shape index (κ2) is 16.4. The van der Waals surface area contributed by atoms with E-state index in [1.807, 2.05) is 80.6 Å². The predicted octanol–water partition coefficient (Wildman–Crippen LogP) is 9.32. The zero-order valence-electron chi connectivity index (χ0n) is 29.0. The predicted molar refractivity (Wildman–Crippen MR) is 202 cm³/mol. The second-order valence-corrected chi connectivity index (χ2v) is 15.2. The standard InChI is InChI=1S/C41H39Cl2NO7S/c1-4-36(30-8-6-5-7-9-30)44(52(46,47)33-18-10-27(2)11-19-33)37(41(45)48-3)23-28-13-21-38-39(24-28)50-26-40(51-38)31-14-16-32(17-15-31)49-25-29-12-20-34(42)35(43)22-29/h5-22,24,36-37,40H,4,23,25-26H2,1-3H3. The van der Waals surface area contributed by atoms with Crippen LogP contribution in [0.25, 0.3) is 0 Å². The summed E-state index contributed by atoms with van der Waals surface area (Å²) in [7, 11) is -2.90. The fourth-order valence-corrected chi connectivity index (χ4v) is 8.39. The fraction of sp³-hybridized carbons (Fsp3) is 0.244. The molecule has 3 unspecified atom stereocenters. The lowest BCUT2D eigenvalue weighted by molar-refractivity contribution is -0.145. The number of benzene rings is 5. The first-order valence-electron chi connectivity index (χ1n) is 16.9. The molecule has 52 heavy (non-hydrogen) atoms. The zero-order chi connectivity index (χ0) is 36.8. The highest BCUT2D eigenvalue weighted by Crippen LogP contribution is 2.39. The Morgan fingerprint density at radius 1 is 0.865 bits per heavy atom. The second-order valence-electron chi connectivity index (χ2n) is 12.5. The van der Waals surface area contributed by atoms with Crippen LogP contribution in [-0.2, 0) is 32.6 Å². The number of methoxy groups -OCH3 is 1. The number of esters is 1. The number of hydrogen-bond acceptors (Lipinski definition) is 7. The molecule has 6 rings (SSSR count). The normalized spacial score (nSPS) is 15.2. The van der Waals surface area contributed by atoms with Gasteiger partial charge in [-0.25, -0.2) is 8.42 Å². The van der Waals surface area contributed by atoms with Crippen molar-refractivity contribution >= 4 is 39.2 Å². The van der Waals surface area contributed by atoms with Crippen molar-refractivity contribution in [1.29, 1.82) is 0 Å². The molecule has 0 saturated heterocycles. The van der Waals surface area contributed by atoms with E-state index in [0.717, 1.165) is 22.3 Å². The molecule has 1 aliphatic heterocycles. The summed E-state index contributed by atoms with van der Waals surface area (Å²) in [5, 5.41) is 0.969. The number of carbonyl (C=O) groups excluding carboxylic acids is 1. The Bertz CT molecular complexity index is 2110.